The molecule has 0 aliphatic rings. The van der Waals surface area contributed by atoms with Crippen molar-refractivity contribution in [1.29, 1.82) is 0 Å². The number of carbonyl (C=O) groups is 3. The fraction of sp³-hybridized carbons (Fsp3) is 0.667. The molecule has 14 heavy (non-hydrogen) atoms. The van der Waals surface area contributed by atoms with Gasteiger partial charge in [0.1, 0.15) is 11.8 Å². The van der Waals surface area contributed by atoms with Crippen molar-refractivity contribution in [1.82, 2.24) is 5.32 Å². The van der Waals surface area contributed by atoms with Gasteiger partial charge in [-0.3, -0.25) is 9.59 Å². The molecule has 0 aromatic carbocycles. The van der Waals surface area contributed by atoms with Gasteiger partial charge < -0.3 is 10.4 Å². The van der Waals surface area contributed by atoms with Crippen LogP contribution in [0.3, 0.4) is 0 Å². The third-order valence-corrected chi connectivity index (χ3v) is 1.96. The number of hydrogen-bond acceptors (Lipinski definition) is 3. The predicted molar refractivity (Wildman–Crippen MR) is 49.7 cm³/mol. The molecular formula is C9H15NO4. The second-order valence-corrected chi connectivity index (χ2v) is 3.34. The summed E-state index contributed by atoms with van der Waals surface area (Å²) >= 11 is 0. The number of hydrogen-bond donors (Lipinski definition) is 2. The molecule has 0 aliphatic carbocycles. The molecule has 2 atom stereocenters. The Morgan fingerprint density at radius 3 is 2.07 bits per heavy atom. The van der Waals surface area contributed by atoms with Crippen LogP contribution in [-0.2, 0) is 14.4 Å². The molecule has 2 N–H and O–H groups in total. The highest BCUT2D eigenvalue weighted by Gasteiger charge is 2.22. The van der Waals surface area contributed by atoms with Crippen LogP contribution >= 0.6 is 0 Å². The van der Waals surface area contributed by atoms with Gasteiger partial charge in [0, 0.05) is 12.8 Å². The summed E-state index contributed by atoms with van der Waals surface area (Å²) in [5, 5.41) is 11.0. The lowest BCUT2D eigenvalue weighted by Crippen LogP contribution is -2.41. The summed E-state index contributed by atoms with van der Waals surface area (Å²) in [6.07, 6.45) is 0.129. The first-order chi connectivity index (χ1) is 6.34. The van der Waals surface area contributed by atoms with Crippen LogP contribution in [-0.4, -0.2) is 28.8 Å². The van der Waals surface area contributed by atoms with E-state index in [0.29, 0.717) is 0 Å². The van der Waals surface area contributed by atoms with Crippen LogP contribution in [0.25, 0.3) is 0 Å². The maximum absolute atomic E-state index is 10.9. The maximum atomic E-state index is 10.9. The Bertz CT molecular complexity index is 249. The topological polar surface area (TPSA) is 83.5 Å². The third-order valence-electron chi connectivity index (χ3n) is 1.96. The van der Waals surface area contributed by atoms with E-state index >= 15 is 0 Å². The van der Waals surface area contributed by atoms with Crippen molar-refractivity contribution in [2.75, 3.05) is 0 Å². The quantitative estimate of drug-likeness (QED) is 0.665. The standard InChI is InChI=1S/C9H15NO4/c1-5(6(2)11)4-8(9(13)14)10-7(3)12/h5,8H,4H2,1-3H3,(H,10,12)(H,13,14)/t5?,8-/m0/s1. The number of nitrogens with one attached hydrogen (secondary N) is 1. The van der Waals surface area contributed by atoms with Gasteiger partial charge in [-0.25, -0.2) is 4.79 Å². The third kappa shape index (κ3) is 4.59. The van der Waals surface area contributed by atoms with E-state index in [1.165, 1.54) is 13.8 Å². The van der Waals surface area contributed by atoms with Crippen LogP contribution in [0.4, 0.5) is 0 Å². The summed E-state index contributed by atoms with van der Waals surface area (Å²) in [5.74, 6) is -1.97. The molecule has 0 bridgehead atoms. The highest BCUT2D eigenvalue weighted by Crippen LogP contribution is 2.07. The first kappa shape index (κ1) is 12.6. The zero-order valence-electron chi connectivity index (χ0n) is 8.53. The van der Waals surface area contributed by atoms with Gasteiger partial charge in [0.05, 0.1) is 0 Å². The van der Waals surface area contributed by atoms with Crippen LogP contribution < -0.4 is 5.32 Å². The monoisotopic (exact) mass is 201 g/mol. The molecule has 0 spiro atoms. The summed E-state index contributed by atoms with van der Waals surface area (Å²) in [6.45, 7) is 4.28. The fourth-order valence-corrected chi connectivity index (χ4v) is 0.986. The van der Waals surface area contributed by atoms with Crippen molar-refractivity contribution >= 4 is 17.7 Å². The predicted octanol–water partition coefficient (Wildman–Crippen LogP) is 0.191. The Hall–Kier alpha value is -1.39. The van der Waals surface area contributed by atoms with Gasteiger partial charge in [-0.15, -0.1) is 0 Å². The van der Waals surface area contributed by atoms with Crippen molar-refractivity contribution in [2.45, 2.75) is 33.2 Å². The summed E-state index contributed by atoms with van der Waals surface area (Å²) in [5.41, 5.74) is 0. The molecule has 0 rings (SSSR count). The number of Topliss-reactive ketones (excluding diaryl/α,β-unsaturated/α-hetero) is 1. The van der Waals surface area contributed by atoms with Crippen molar-refractivity contribution < 1.29 is 19.5 Å². The molecule has 0 saturated heterocycles. The minimum atomic E-state index is -1.12. The number of aliphatic carboxylic acids is 1. The van der Waals surface area contributed by atoms with Gasteiger partial charge >= 0.3 is 5.97 Å². The smallest absolute Gasteiger partial charge is 0.326 e. The number of rotatable bonds is 5. The molecule has 0 heterocycles. The first-order valence-electron chi connectivity index (χ1n) is 4.35. The van der Waals surface area contributed by atoms with Crippen LogP contribution in [0.1, 0.15) is 27.2 Å². The Kier molecular flexibility index (Phi) is 4.83. The van der Waals surface area contributed by atoms with Gasteiger partial charge in [-0.2, -0.15) is 0 Å². The van der Waals surface area contributed by atoms with Crippen molar-refractivity contribution in [3.63, 3.8) is 0 Å². The molecule has 0 fully saturated rings. The number of amides is 1. The number of carbonyl (C=O) groups excluding carboxylic acids is 2. The summed E-state index contributed by atoms with van der Waals surface area (Å²) in [6, 6.07) is -0.980. The summed E-state index contributed by atoms with van der Waals surface area (Å²) in [4.78, 5) is 32.2. The minimum Gasteiger partial charge on any atom is -0.480 e. The lowest BCUT2D eigenvalue weighted by molar-refractivity contribution is -0.142. The van der Waals surface area contributed by atoms with Gasteiger partial charge in [-0.05, 0) is 13.3 Å². The van der Waals surface area contributed by atoms with Crippen molar-refractivity contribution in [3.8, 4) is 0 Å². The Balaban J connectivity index is 4.30. The Morgan fingerprint density at radius 1 is 1.29 bits per heavy atom. The van der Waals surface area contributed by atoms with Crippen LogP contribution in [0.2, 0.25) is 0 Å². The zero-order chi connectivity index (χ0) is 11.3. The van der Waals surface area contributed by atoms with Crippen LogP contribution in [0.5, 0.6) is 0 Å². The van der Waals surface area contributed by atoms with Gasteiger partial charge in [0.15, 0.2) is 0 Å². The van der Waals surface area contributed by atoms with E-state index in [2.05, 4.69) is 5.32 Å². The van der Waals surface area contributed by atoms with Crippen molar-refractivity contribution in [3.05, 3.63) is 0 Å². The lowest BCUT2D eigenvalue weighted by atomic mass is 9.98. The van der Waals surface area contributed by atoms with Gasteiger partial charge in [0.25, 0.3) is 0 Å². The Labute approximate surface area is 82.5 Å². The molecule has 0 saturated carbocycles. The molecule has 0 radical (unpaired) electrons. The molecular weight excluding hydrogens is 186 g/mol. The summed E-state index contributed by atoms with van der Waals surface area (Å²) in [7, 11) is 0. The normalized spacial score (nSPS) is 14.2. The van der Waals surface area contributed by atoms with E-state index in [1.807, 2.05) is 0 Å². The highest BCUT2D eigenvalue weighted by molar-refractivity contribution is 5.83. The van der Waals surface area contributed by atoms with E-state index < -0.39 is 17.9 Å². The second kappa shape index (κ2) is 5.36. The average molecular weight is 201 g/mol. The first-order valence-corrected chi connectivity index (χ1v) is 4.35. The minimum absolute atomic E-state index is 0.0818. The highest BCUT2D eigenvalue weighted by atomic mass is 16.4. The van der Waals surface area contributed by atoms with E-state index in [0.717, 1.165) is 0 Å². The van der Waals surface area contributed by atoms with E-state index in [9.17, 15) is 14.4 Å². The molecule has 5 heteroatoms. The lowest BCUT2D eigenvalue weighted by Gasteiger charge is -2.15. The number of ketones is 1. The molecule has 1 amide bonds. The van der Waals surface area contributed by atoms with Crippen molar-refractivity contribution in [2.24, 2.45) is 5.92 Å². The molecule has 5 nitrogen and oxygen atoms in total. The summed E-state index contributed by atoms with van der Waals surface area (Å²) < 4.78 is 0. The van der Waals surface area contributed by atoms with Crippen LogP contribution in [0, 0.1) is 5.92 Å². The van der Waals surface area contributed by atoms with E-state index in [-0.39, 0.29) is 18.1 Å². The van der Waals surface area contributed by atoms with Gasteiger partial charge in [0.2, 0.25) is 5.91 Å². The number of carboxylic acids is 1. The molecule has 0 aliphatic heterocycles. The van der Waals surface area contributed by atoms with E-state index in [4.69, 9.17) is 5.11 Å². The van der Waals surface area contributed by atoms with Gasteiger partial charge in [-0.1, -0.05) is 6.92 Å². The molecule has 0 aromatic rings. The molecule has 80 valence electrons. The van der Waals surface area contributed by atoms with Crippen LogP contribution in [0.15, 0.2) is 0 Å². The molecule has 1 unspecified atom stereocenters. The fourth-order valence-electron chi connectivity index (χ4n) is 0.986. The average Bonchev–Trinajstić information content (AvgIpc) is 2.01. The molecule has 0 aromatic heterocycles. The van der Waals surface area contributed by atoms with E-state index in [1.54, 1.807) is 6.92 Å². The largest absolute Gasteiger partial charge is 0.480 e. The second-order valence-electron chi connectivity index (χ2n) is 3.34. The SMILES string of the molecule is CC(=O)N[C@@H](CC(C)C(C)=O)C(=O)O. The zero-order valence-corrected chi connectivity index (χ0v) is 8.53. The number of carboxylic acid groups (broad SMARTS) is 1. The Morgan fingerprint density at radius 2 is 1.79 bits per heavy atom. The maximum Gasteiger partial charge on any atom is 0.326 e.